The zero-order chi connectivity index (χ0) is 18.5. The van der Waals surface area contributed by atoms with E-state index in [1.165, 1.54) is 12.1 Å². The van der Waals surface area contributed by atoms with E-state index in [-0.39, 0.29) is 11.2 Å². The monoisotopic (exact) mass is 352 g/mol. The lowest BCUT2D eigenvalue weighted by molar-refractivity contribution is -0.315. The van der Waals surface area contributed by atoms with Gasteiger partial charge in [-0.3, -0.25) is 4.79 Å². The van der Waals surface area contributed by atoms with Crippen LogP contribution >= 0.6 is 0 Å². The summed E-state index contributed by atoms with van der Waals surface area (Å²) in [5.74, 6) is -9.15. The zero-order valence-electron chi connectivity index (χ0n) is 13.2. The molecule has 0 radical (unpaired) electrons. The SMILES string of the molecule is CC(C)(C)c1ccc2c(c1)OC(C(F)(F)C(F)(F)F)C(C(=O)O)C2. The molecule has 0 saturated heterocycles. The van der Waals surface area contributed by atoms with Crippen LogP contribution in [0.4, 0.5) is 22.0 Å². The Labute approximate surface area is 135 Å². The number of rotatable bonds is 2. The summed E-state index contributed by atoms with van der Waals surface area (Å²) in [7, 11) is 0. The molecule has 0 aromatic heterocycles. The van der Waals surface area contributed by atoms with Gasteiger partial charge < -0.3 is 9.84 Å². The lowest BCUT2D eigenvalue weighted by Crippen LogP contribution is -2.56. The lowest BCUT2D eigenvalue weighted by Gasteiger charge is -2.37. The Morgan fingerprint density at radius 2 is 1.75 bits per heavy atom. The van der Waals surface area contributed by atoms with Crippen molar-refractivity contribution in [2.75, 3.05) is 0 Å². The van der Waals surface area contributed by atoms with Gasteiger partial charge in [0.25, 0.3) is 0 Å². The van der Waals surface area contributed by atoms with Gasteiger partial charge in [-0.05, 0) is 29.0 Å². The number of carbonyl (C=O) groups is 1. The quantitative estimate of drug-likeness (QED) is 0.812. The first-order valence-electron chi connectivity index (χ1n) is 7.22. The number of fused-ring (bicyclic) bond motifs is 1. The van der Waals surface area contributed by atoms with Crippen LogP contribution < -0.4 is 4.74 Å². The molecule has 0 fully saturated rings. The summed E-state index contributed by atoms with van der Waals surface area (Å²) in [5.41, 5.74) is 0.609. The summed E-state index contributed by atoms with van der Waals surface area (Å²) in [6.45, 7) is 5.54. The van der Waals surface area contributed by atoms with Gasteiger partial charge in [-0.2, -0.15) is 22.0 Å². The second-order valence-electron chi connectivity index (χ2n) is 6.88. The molecule has 1 aliphatic rings. The van der Waals surface area contributed by atoms with Crippen molar-refractivity contribution in [1.82, 2.24) is 0 Å². The second-order valence-corrected chi connectivity index (χ2v) is 6.88. The predicted octanol–water partition coefficient (Wildman–Crippen LogP) is 4.19. The van der Waals surface area contributed by atoms with Gasteiger partial charge in [-0.25, -0.2) is 0 Å². The van der Waals surface area contributed by atoms with Gasteiger partial charge >= 0.3 is 18.1 Å². The third-order valence-corrected chi connectivity index (χ3v) is 4.04. The van der Waals surface area contributed by atoms with E-state index in [4.69, 9.17) is 9.84 Å². The molecule has 1 aliphatic heterocycles. The molecular formula is C16H17F5O3. The topological polar surface area (TPSA) is 46.5 Å². The number of aliphatic carboxylic acids is 1. The summed E-state index contributed by atoms with van der Waals surface area (Å²) < 4.78 is 70.4. The number of hydrogen-bond donors (Lipinski definition) is 1. The number of alkyl halides is 5. The van der Waals surface area contributed by atoms with Crippen molar-refractivity contribution in [3.05, 3.63) is 29.3 Å². The first-order chi connectivity index (χ1) is 10.7. The van der Waals surface area contributed by atoms with Crippen LogP contribution in [0.1, 0.15) is 31.9 Å². The molecule has 0 aliphatic carbocycles. The van der Waals surface area contributed by atoms with Crippen molar-refractivity contribution in [2.45, 2.75) is 50.8 Å². The molecule has 2 unspecified atom stereocenters. The summed E-state index contributed by atoms with van der Waals surface area (Å²) in [6.07, 6.45) is -9.16. The molecule has 24 heavy (non-hydrogen) atoms. The van der Waals surface area contributed by atoms with E-state index in [0.717, 1.165) is 0 Å². The molecule has 1 aromatic carbocycles. The average molecular weight is 352 g/mol. The highest BCUT2D eigenvalue weighted by atomic mass is 19.4. The van der Waals surface area contributed by atoms with Crippen LogP contribution in [0.2, 0.25) is 0 Å². The molecule has 0 spiro atoms. The molecule has 0 amide bonds. The van der Waals surface area contributed by atoms with Crippen LogP contribution in [-0.2, 0) is 16.6 Å². The summed E-state index contributed by atoms with van der Waals surface area (Å²) in [5, 5.41) is 9.07. The lowest BCUT2D eigenvalue weighted by atomic mass is 9.83. The Morgan fingerprint density at radius 3 is 2.21 bits per heavy atom. The third kappa shape index (κ3) is 3.18. The van der Waals surface area contributed by atoms with Gasteiger partial charge in [-0.1, -0.05) is 32.9 Å². The van der Waals surface area contributed by atoms with E-state index in [1.54, 1.807) is 6.07 Å². The van der Waals surface area contributed by atoms with E-state index in [2.05, 4.69) is 0 Å². The molecule has 2 atom stereocenters. The first kappa shape index (κ1) is 18.5. The van der Waals surface area contributed by atoms with E-state index >= 15 is 0 Å². The smallest absolute Gasteiger partial charge is 0.457 e. The van der Waals surface area contributed by atoms with Gasteiger partial charge in [-0.15, -0.1) is 0 Å². The van der Waals surface area contributed by atoms with Gasteiger partial charge in [0, 0.05) is 0 Å². The summed E-state index contributed by atoms with van der Waals surface area (Å²) >= 11 is 0. The summed E-state index contributed by atoms with van der Waals surface area (Å²) in [4.78, 5) is 11.2. The molecule has 2 rings (SSSR count). The van der Waals surface area contributed by atoms with Crippen LogP contribution in [0.15, 0.2) is 18.2 Å². The molecule has 3 nitrogen and oxygen atoms in total. The highest BCUT2D eigenvalue weighted by molar-refractivity contribution is 5.72. The third-order valence-electron chi connectivity index (χ3n) is 4.04. The molecule has 0 bridgehead atoms. The van der Waals surface area contributed by atoms with Crippen molar-refractivity contribution in [3.63, 3.8) is 0 Å². The van der Waals surface area contributed by atoms with Gasteiger partial charge in [0.15, 0.2) is 6.10 Å². The van der Waals surface area contributed by atoms with Crippen molar-refractivity contribution in [1.29, 1.82) is 0 Å². The molecule has 1 N–H and O–H groups in total. The van der Waals surface area contributed by atoms with Gasteiger partial charge in [0.05, 0.1) is 0 Å². The van der Waals surface area contributed by atoms with Crippen molar-refractivity contribution in [2.24, 2.45) is 5.92 Å². The van der Waals surface area contributed by atoms with E-state index in [9.17, 15) is 26.7 Å². The molecule has 8 heteroatoms. The maximum atomic E-state index is 13.7. The Morgan fingerprint density at radius 1 is 1.17 bits per heavy atom. The minimum atomic E-state index is -5.90. The fourth-order valence-corrected chi connectivity index (χ4v) is 2.57. The Balaban J connectivity index is 2.50. The van der Waals surface area contributed by atoms with Crippen LogP contribution in [0.25, 0.3) is 0 Å². The van der Waals surface area contributed by atoms with Crippen molar-refractivity contribution in [3.8, 4) is 5.75 Å². The molecule has 0 saturated carbocycles. The number of ether oxygens (including phenoxy) is 1. The maximum absolute atomic E-state index is 13.7. The largest absolute Gasteiger partial charge is 0.483 e. The predicted molar refractivity (Wildman–Crippen MR) is 75.4 cm³/mol. The van der Waals surface area contributed by atoms with Crippen LogP contribution in [0, 0.1) is 5.92 Å². The molecule has 1 aromatic rings. The zero-order valence-corrected chi connectivity index (χ0v) is 13.2. The number of benzene rings is 1. The summed E-state index contributed by atoms with van der Waals surface area (Å²) in [6, 6.07) is 4.59. The van der Waals surface area contributed by atoms with Crippen LogP contribution in [-0.4, -0.2) is 29.3 Å². The van der Waals surface area contributed by atoms with Crippen LogP contribution in [0.5, 0.6) is 5.75 Å². The van der Waals surface area contributed by atoms with Gasteiger partial charge in [0.2, 0.25) is 0 Å². The van der Waals surface area contributed by atoms with Gasteiger partial charge in [0.1, 0.15) is 11.7 Å². The Bertz CT molecular complexity index is 646. The second kappa shape index (κ2) is 5.60. The minimum Gasteiger partial charge on any atom is -0.483 e. The molecule has 1 heterocycles. The van der Waals surface area contributed by atoms with Crippen molar-refractivity contribution < 1.29 is 36.6 Å². The maximum Gasteiger partial charge on any atom is 0.457 e. The van der Waals surface area contributed by atoms with E-state index in [0.29, 0.717) is 11.1 Å². The molecule has 134 valence electrons. The highest BCUT2D eigenvalue weighted by Crippen LogP contribution is 2.46. The fourth-order valence-electron chi connectivity index (χ4n) is 2.57. The van der Waals surface area contributed by atoms with Crippen LogP contribution in [0.3, 0.4) is 0 Å². The standard InChI is InChI=1S/C16H17F5O3/c1-14(2,3)9-5-4-8-6-10(13(22)23)12(24-11(8)7-9)15(17,18)16(19,20)21/h4-5,7,10,12H,6H2,1-3H3,(H,22,23). The average Bonchev–Trinajstić information content (AvgIpc) is 2.42. The minimum absolute atomic E-state index is 0.131. The Kier molecular flexibility index (Phi) is 4.31. The van der Waals surface area contributed by atoms with Crippen molar-refractivity contribution >= 4 is 5.97 Å². The van der Waals surface area contributed by atoms with E-state index in [1.807, 2.05) is 20.8 Å². The fraction of sp³-hybridized carbons (Fsp3) is 0.562. The normalized spacial score (nSPS) is 21.8. The number of hydrogen-bond acceptors (Lipinski definition) is 2. The number of carboxylic acid groups (broad SMARTS) is 1. The molecular weight excluding hydrogens is 335 g/mol. The highest BCUT2D eigenvalue weighted by Gasteiger charge is 2.67. The number of halogens is 5. The number of carboxylic acids is 1. The Hall–Kier alpha value is -1.86. The first-order valence-corrected chi connectivity index (χ1v) is 7.22. The van der Waals surface area contributed by atoms with E-state index < -0.39 is 36.5 Å².